The Morgan fingerprint density at radius 1 is 0.875 bits per heavy atom. The first-order valence-corrected chi connectivity index (χ1v) is 9.56. The first-order valence-electron chi connectivity index (χ1n) is 7.95. The molecule has 0 aliphatic carbocycles. The smallest absolute Gasteiger partial charge is 0.211 e. The third-order valence-corrected chi connectivity index (χ3v) is 5.82. The average Bonchev–Trinajstić information content (AvgIpc) is 2.54. The van der Waals surface area contributed by atoms with Gasteiger partial charge in [-0.25, -0.2) is 13.6 Å². The van der Waals surface area contributed by atoms with E-state index in [4.69, 9.17) is 16.6 Å². The number of anilines is 2. The van der Waals surface area contributed by atoms with E-state index < -0.39 is 15.3 Å². The van der Waals surface area contributed by atoms with Crippen LogP contribution in [0.1, 0.15) is 38.2 Å². The number of hydrogen-bond acceptors (Lipinski definition) is 4. The summed E-state index contributed by atoms with van der Waals surface area (Å²) in [5.74, 6) is 0.264. The second-order valence-electron chi connectivity index (χ2n) is 6.34. The van der Waals surface area contributed by atoms with Crippen molar-refractivity contribution in [1.29, 1.82) is 0 Å². The van der Waals surface area contributed by atoms with Crippen LogP contribution in [0.5, 0.6) is 0 Å². The van der Waals surface area contributed by atoms with Gasteiger partial charge in [0.1, 0.15) is 0 Å². The topological polar surface area (TPSA) is 112 Å². The van der Waals surface area contributed by atoms with E-state index in [0.717, 1.165) is 17.5 Å². The molecular weight excluding hydrogens is 322 g/mol. The summed E-state index contributed by atoms with van der Waals surface area (Å²) >= 11 is 0. The van der Waals surface area contributed by atoms with Gasteiger partial charge in [-0.15, -0.1) is 0 Å². The summed E-state index contributed by atoms with van der Waals surface area (Å²) in [7, 11) is -3.45. The molecule has 0 fully saturated rings. The van der Waals surface area contributed by atoms with Gasteiger partial charge < -0.3 is 11.5 Å². The van der Waals surface area contributed by atoms with Crippen molar-refractivity contribution in [2.24, 2.45) is 5.14 Å². The molecule has 0 saturated carbocycles. The lowest BCUT2D eigenvalue weighted by Gasteiger charge is -2.15. The highest BCUT2D eigenvalue weighted by Crippen LogP contribution is 2.28. The van der Waals surface area contributed by atoms with Gasteiger partial charge in [-0.1, -0.05) is 37.3 Å². The van der Waals surface area contributed by atoms with Gasteiger partial charge in [-0.05, 0) is 54.5 Å². The van der Waals surface area contributed by atoms with Gasteiger partial charge in [0.05, 0.1) is 16.6 Å². The maximum absolute atomic E-state index is 11.3. The third-order valence-electron chi connectivity index (χ3n) is 4.47. The highest BCUT2D eigenvalue weighted by molar-refractivity contribution is 7.89. The van der Waals surface area contributed by atoms with Gasteiger partial charge in [-0.2, -0.15) is 0 Å². The molecule has 2 atom stereocenters. The standard InChI is InChI=1S/C18H25N3O2S/c1-12(3-4-13(2)24(21,22)23)14-5-7-15(8-6-14)16-9-10-17(19)18(20)11-16/h5-13H,3-4,19-20H2,1-2H3,(H2,21,22,23)/t12-,13?/m1/s1. The van der Waals surface area contributed by atoms with E-state index in [1.165, 1.54) is 5.56 Å². The molecule has 0 amide bonds. The first-order chi connectivity index (χ1) is 11.2. The predicted octanol–water partition coefficient (Wildman–Crippen LogP) is 3.08. The summed E-state index contributed by atoms with van der Waals surface area (Å²) < 4.78 is 22.6. The van der Waals surface area contributed by atoms with Crippen LogP contribution in [0, 0.1) is 0 Å². The fourth-order valence-corrected chi connectivity index (χ4v) is 3.04. The number of hydrogen-bond donors (Lipinski definition) is 3. The van der Waals surface area contributed by atoms with Crippen molar-refractivity contribution >= 4 is 21.4 Å². The molecule has 6 N–H and O–H groups in total. The van der Waals surface area contributed by atoms with Crippen molar-refractivity contribution in [2.45, 2.75) is 37.9 Å². The van der Waals surface area contributed by atoms with E-state index in [1.807, 2.05) is 24.3 Å². The first kappa shape index (κ1) is 18.3. The Balaban J connectivity index is 2.07. The van der Waals surface area contributed by atoms with E-state index >= 15 is 0 Å². The minimum Gasteiger partial charge on any atom is -0.397 e. The van der Waals surface area contributed by atoms with Crippen LogP contribution in [0.3, 0.4) is 0 Å². The van der Waals surface area contributed by atoms with Crippen LogP contribution in [0.15, 0.2) is 42.5 Å². The van der Waals surface area contributed by atoms with Gasteiger partial charge in [0.25, 0.3) is 0 Å². The second kappa shape index (κ2) is 7.23. The maximum atomic E-state index is 11.3. The van der Waals surface area contributed by atoms with Crippen molar-refractivity contribution in [2.75, 3.05) is 11.5 Å². The largest absolute Gasteiger partial charge is 0.397 e. The van der Waals surface area contributed by atoms with Crippen LogP contribution in [0.4, 0.5) is 11.4 Å². The van der Waals surface area contributed by atoms with Gasteiger partial charge in [0, 0.05) is 0 Å². The van der Waals surface area contributed by atoms with Crippen LogP contribution >= 0.6 is 0 Å². The minimum absolute atomic E-state index is 0.264. The summed E-state index contributed by atoms with van der Waals surface area (Å²) in [5, 5.41) is 4.65. The Hall–Kier alpha value is -2.05. The van der Waals surface area contributed by atoms with Crippen molar-refractivity contribution < 1.29 is 8.42 Å². The zero-order valence-corrected chi connectivity index (χ0v) is 14.9. The fraction of sp³-hybridized carbons (Fsp3) is 0.333. The number of nitrogens with two attached hydrogens (primary N) is 3. The van der Waals surface area contributed by atoms with E-state index in [9.17, 15) is 8.42 Å². The molecule has 2 rings (SSSR count). The lowest BCUT2D eigenvalue weighted by atomic mass is 9.93. The van der Waals surface area contributed by atoms with E-state index in [1.54, 1.807) is 13.0 Å². The maximum Gasteiger partial charge on any atom is 0.211 e. The molecule has 0 aromatic heterocycles. The lowest BCUT2D eigenvalue weighted by Crippen LogP contribution is -2.26. The van der Waals surface area contributed by atoms with E-state index in [-0.39, 0.29) is 5.92 Å². The van der Waals surface area contributed by atoms with Crippen molar-refractivity contribution in [3.05, 3.63) is 48.0 Å². The summed E-state index contributed by atoms with van der Waals surface area (Å²) in [6.45, 7) is 3.74. The normalized spacial score (nSPS) is 14.3. The third kappa shape index (κ3) is 4.49. The van der Waals surface area contributed by atoms with Gasteiger partial charge in [0.2, 0.25) is 10.0 Å². The average molecular weight is 347 g/mol. The number of rotatable bonds is 6. The van der Waals surface area contributed by atoms with E-state index in [0.29, 0.717) is 17.8 Å². The molecule has 0 bridgehead atoms. The van der Waals surface area contributed by atoms with Crippen LogP contribution < -0.4 is 16.6 Å². The quantitative estimate of drug-likeness (QED) is 0.697. The molecule has 24 heavy (non-hydrogen) atoms. The minimum atomic E-state index is -3.45. The molecule has 130 valence electrons. The van der Waals surface area contributed by atoms with Crippen LogP contribution in [0.2, 0.25) is 0 Å². The van der Waals surface area contributed by atoms with Crippen molar-refractivity contribution in [3.8, 4) is 11.1 Å². The highest BCUT2D eigenvalue weighted by Gasteiger charge is 2.17. The summed E-state index contributed by atoms with van der Waals surface area (Å²) in [4.78, 5) is 0. The van der Waals surface area contributed by atoms with Crippen LogP contribution in [-0.4, -0.2) is 13.7 Å². The molecule has 0 aliphatic rings. The van der Waals surface area contributed by atoms with Gasteiger partial charge in [0.15, 0.2) is 0 Å². The predicted molar refractivity (Wildman–Crippen MR) is 101 cm³/mol. The van der Waals surface area contributed by atoms with Crippen LogP contribution in [-0.2, 0) is 10.0 Å². The number of sulfonamides is 1. The molecule has 5 nitrogen and oxygen atoms in total. The molecule has 0 spiro atoms. The molecular formula is C18H25N3O2S. The van der Waals surface area contributed by atoms with Crippen molar-refractivity contribution in [3.63, 3.8) is 0 Å². The fourth-order valence-electron chi connectivity index (χ4n) is 2.57. The Morgan fingerprint density at radius 2 is 1.46 bits per heavy atom. The Morgan fingerprint density at radius 3 is 2.00 bits per heavy atom. The molecule has 6 heteroatoms. The number of primary sulfonamides is 1. The Bertz CT molecular complexity index is 802. The highest BCUT2D eigenvalue weighted by atomic mass is 32.2. The van der Waals surface area contributed by atoms with Gasteiger partial charge >= 0.3 is 0 Å². The summed E-state index contributed by atoms with van der Waals surface area (Å²) in [6, 6.07) is 13.8. The zero-order valence-electron chi connectivity index (χ0n) is 14.1. The van der Waals surface area contributed by atoms with Crippen molar-refractivity contribution in [1.82, 2.24) is 0 Å². The molecule has 2 aromatic carbocycles. The molecule has 0 aliphatic heterocycles. The lowest BCUT2D eigenvalue weighted by molar-refractivity contribution is 0.562. The number of benzene rings is 2. The monoisotopic (exact) mass is 347 g/mol. The Labute approximate surface area is 143 Å². The molecule has 0 heterocycles. The SMILES string of the molecule is CC(CC[C@@H](C)c1ccc(-c2ccc(N)c(N)c2)cc1)S(N)(=O)=O. The molecule has 2 aromatic rings. The second-order valence-corrected chi connectivity index (χ2v) is 8.33. The van der Waals surface area contributed by atoms with E-state index in [2.05, 4.69) is 19.1 Å². The molecule has 1 unspecified atom stereocenters. The van der Waals surface area contributed by atoms with Crippen LogP contribution in [0.25, 0.3) is 11.1 Å². The molecule has 0 radical (unpaired) electrons. The number of nitrogen functional groups attached to an aromatic ring is 2. The summed E-state index contributed by atoms with van der Waals surface area (Å²) in [6.07, 6.45) is 1.32. The Kier molecular flexibility index (Phi) is 5.51. The summed E-state index contributed by atoms with van der Waals surface area (Å²) in [5.41, 5.74) is 16.0. The van der Waals surface area contributed by atoms with Gasteiger partial charge in [-0.3, -0.25) is 0 Å². The zero-order chi connectivity index (χ0) is 17.9. The molecule has 0 saturated heterocycles.